The zero-order valence-electron chi connectivity index (χ0n) is 35.5. The molecule has 6 atom stereocenters. The number of oxime groups is 1. The van der Waals surface area contributed by atoms with Crippen molar-refractivity contribution < 1.29 is 48.3 Å². The molecule has 60 heavy (non-hydrogen) atoms. The second kappa shape index (κ2) is 19.9. The molecule has 0 unspecified atom stereocenters. The average Bonchev–Trinajstić information content (AvgIpc) is 3.25. The van der Waals surface area contributed by atoms with Crippen LogP contribution in [0.15, 0.2) is 96.2 Å². The van der Waals surface area contributed by atoms with E-state index in [4.69, 9.17) is 33.7 Å². The molecule has 2 N–H and O–H groups in total. The summed E-state index contributed by atoms with van der Waals surface area (Å²) in [7, 11) is 3.22. The van der Waals surface area contributed by atoms with Gasteiger partial charge in [-0.15, -0.1) is 6.58 Å². The number of carbonyl (C=O) groups excluding carboxylic acids is 2. The monoisotopic (exact) mass is 824 g/mol. The Labute approximate surface area is 353 Å². The van der Waals surface area contributed by atoms with Crippen molar-refractivity contribution in [3.63, 3.8) is 0 Å². The molecule has 0 radical (unpaired) electrons. The summed E-state index contributed by atoms with van der Waals surface area (Å²) in [5, 5.41) is 24.6. The lowest BCUT2D eigenvalue weighted by Gasteiger charge is -2.59. The van der Waals surface area contributed by atoms with Gasteiger partial charge < -0.3 is 43.6 Å². The predicted molar refractivity (Wildman–Crippen MR) is 229 cm³/mol. The summed E-state index contributed by atoms with van der Waals surface area (Å²) in [4.78, 5) is 33.8. The molecule has 0 spiro atoms. The first-order chi connectivity index (χ1) is 29.0. The van der Waals surface area contributed by atoms with Gasteiger partial charge in [0.2, 0.25) is 5.79 Å². The molecular formula is C48H60N2O10. The van der Waals surface area contributed by atoms with Gasteiger partial charge in [0, 0.05) is 38.2 Å². The number of rotatable bonds is 19. The van der Waals surface area contributed by atoms with E-state index in [0.717, 1.165) is 48.7 Å². The van der Waals surface area contributed by atoms with Gasteiger partial charge in [-0.2, -0.15) is 0 Å². The highest BCUT2D eigenvalue weighted by Gasteiger charge is 2.65. The number of ether oxygens (including phenoxy) is 5. The summed E-state index contributed by atoms with van der Waals surface area (Å²) < 4.78 is 31.9. The Morgan fingerprint density at radius 2 is 1.72 bits per heavy atom. The molecule has 0 aromatic heterocycles. The number of hydrogen-bond donors (Lipinski definition) is 2. The molecule has 322 valence electrons. The summed E-state index contributed by atoms with van der Waals surface area (Å²) in [6, 6.07) is 19.6. The number of unbranched alkanes of at least 4 members (excludes halogenated alkanes) is 2. The Bertz CT molecular complexity index is 2010. The number of allylic oxidation sites excluding steroid dienone is 1. The molecule has 3 aliphatic rings. The molecule has 1 heterocycles. The van der Waals surface area contributed by atoms with Gasteiger partial charge in [-0.3, -0.25) is 4.79 Å². The van der Waals surface area contributed by atoms with Gasteiger partial charge in [-0.25, -0.2) is 4.79 Å². The normalized spacial score (nSPS) is 23.6. The first kappa shape index (κ1) is 44.4. The van der Waals surface area contributed by atoms with Gasteiger partial charge in [0.25, 0.3) is 0 Å². The molecule has 1 amide bonds. The van der Waals surface area contributed by atoms with Crippen LogP contribution in [0.25, 0.3) is 0 Å². The fourth-order valence-corrected chi connectivity index (χ4v) is 8.94. The molecule has 3 aromatic carbocycles. The van der Waals surface area contributed by atoms with Gasteiger partial charge in [0.15, 0.2) is 6.29 Å². The number of methoxy groups -OCH3 is 1. The maximum atomic E-state index is 14.2. The van der Waals surface area contributed by atoms with Crippen LogP contribution in [-0.4, -0.2) is 84.6 Å². The maximum Gasteiger partial charge on any atom is 0.410 e. The molecule has 12 heteroatoms. The fourth-order valence-electron chi connectivity index (χ4n) is 8.94. The van der Waals surface area contributed by atoms with Gasteiger partial charge >= 0.3 is 6.09 Å². The van der Waals surface area contributed by atoms with E-state index in [2.05, 4.69) is 12.7 Å². The Morgan fingerprint density at radius 1 is 1.00 bits per heavy atom. The van der Waals surface area contributed by atoms with Crippen LogP contribution in [0.3, 0.4) is 0 Å². The third kappa shape index (κ3) is 9.88. The van der Waals surface area contributed by atoms with Crippen LogP contribution < -0.4 is 14.2 Å². The quantitative estimate of drug-likeness (QED) is 0.0520. The molecule has 3 aromatic rings. The lowest BCUT2D eigenvalue weighted by molar-refractivity contribution is -0.253. The van der Waals surface area contributed by atoms with E-state index in [1.165, 1.54) is 7.11 Å². The second-order valence-corrected chi connectivity index (χ2v) is 16.8. The van der Waals surface area contributed by atoms with Crippen molar-refractivity contribution in [2.24, 2.45) is 22.9 Å². The number of amides is 1. The van der Waals surface area contributed by atoms with E-state index in [1.807, 2.05) is 69.3 Å². The van der Waals surface area contributed by atoms with E-state index in [-0.39, 0.29) is 50.6 Å². The number of fused-ring (bicyclic) bond motifs is 2. The van der Waals surface area contributed by atoms with E-state index in [9.17, 15) is 19.8 Å². The number of carbonyl (C=O) groups is 2. The van der Waals surface area contributed by atoms with Gasteiger partial charge in [0.05, 0.1) is 30.9 Å². The summed E-state index contributed by atoms with van der Waals surface area (Å²) in [5.41, 5.74) is 3.12. The van der Waals surface area contributed by atoms with Crippen LogP contribution in [-0.2, 0) is 20.9 Å². The lowest BCUT2D eigenvalue weighted by Crippen LogP contribution is -2.69. The third-order valence-electron chi connectivity index (χ3n) is 11.6. The fraction of sp³-hybridized carbons (Fsp3) is 0.479. The summed E-state index contributed by atoms with van der Waals surface area (Å²) in [5.74, 6) is -0.0661. The number of aliphatic hydroxyl groups excluding tert-OH is 2. The minimum absolute atomic E-state index is 0.0233. The predicted octanol–water partition coefficient (Wildman–Crippen LogP) is 9.00. The van der Waals surface area contributed by atoms with Crippen molar-refractivity contribution >= 4 is 18.1 Å². The molecule has 12 nitrogen and oxygen atoms in total. The van der Waals surface area contributed by atoms with Crippen LogP contribution in [0.5, 0.6) is 23.0 Å². The third-order valence-corrected chi connectivity index (χ3v) is 11.6. The highest BCUT2D eigenvalue weighted by atomic mass is 16.7. The minimum atomic E-state index is -1.43. The number of hydrogen-bond acceptors (Lipinski definition) is 11. The topological polar surface area (TPSA) is 146 Å². The number of benzene rings is 3. The number of aliphatic hydroxyl groups is 2. The molecular weight excluding hydrogens is 765 g/mol. The van der Waals surface area contributed by atoms with Crippen molar-refractivity contribution in [3.05, 3.63) is 108 Å². The molecule has 1 aliphatic heterocycles. The van der Waals surface area contributed by atoms with Crippen molar-refractivity contribution in [2.75, 3.05) is 34.0 Å². The van der Waals surface area contributed by atoms with E-state index < -0.39 is 29.4 Å². The molecule has 1 fully saturated rings. The van der Waals surface area contributed by atoms with Gasteiger partial charge in [0.1, 0.15) is 41.2 Å². The van der Waals surface area contributed by atoms with Crippen LogP contribution in [0.4, 0.5) is 4.79 Å². The van der Waals surface area contributed by atoms with Crippen molar-refractivity contribution in [1.82, 2.24) is 4.90 Å². The van der Waals surface area contributed by atoms with Crippen LogP contribution in [0.2, 0.25) is 0 Å². The summed E-state index contributed by atoms with van der Waals surface area (Å²) >= 11 is 0. The molecule has 1 saturated carbocycles. The number of aldehydes is 1. The molecule has 0 saturated heterocycles. The zero-order chi connectivity index (χ0) is 42.9. The Morgan fingerprint density at radius 3 is 2.40 bits per heavy atom. The highest BCUT2D eigenvalue weighted by molar-refractivity contribution is 6.03. The largest absolute Gasteiger partial charge is 0.496 e. The molecule has 6 rings (SSSR count). The van der Waals surface area contributed by atoms with Crippen LogP contribution >= 0.6 is 0 Å². The van der Waals surface area contributed by atoms with Crippen LogP contribution in [0.1, 0.15) is 93.1 Å². The van der Waals surface area contributed by atoms with Gasteiger partial charge in [-0.05, 0) is 106 Å². The maximum absolute atomic E-state index is 14.2. The first-order valence-corrected chi connectivity index (χ1v) is 21.0. The Kier molecular flexibility index (Phi) is 14.7. The lowest BCUT2D eigenvalue weighted by atomic mass is 9.55. The Hall–Kier alpha value is -5.17. The Balaban J connectivity index is 1.54. The standard InChI is InChI=1S/C48H60N2O10/c1-7-25-57-48-43(50(5)46(54)56-31-32-15-9-8-10-16-32)29-40(49-60-47(2,3)4)38-27-33(17-11-13-23-51)37(18-12-14-24-52)44(45(38)48)39-28-36(20-22-42(39)59-48)58-35-19-21-41(55-6)34(26-35)30-53/h7-10,15-16,19-22,26-28,30,33,37,43-45,51-52H,1,11-14,17-18,23-25,29,31H2,2-6H3/t33-,37+,43-,44+,45+,48+/m0/s1. The molecule has 2 aliphatic carbocycles. The molecule has 0 bridgehead atoms. The zero-order valence-corrected chi connectivity index (χ0v) is 35.5. The average molecular weight is 825 g/mol. The van der Waals surface area contributed by atoms with E-state index in [1.54, 1.807) is 36.2 Å². The van der Waals surface area contributed by atoms with Crippen molar-refractivity contribution in [3.8, 4) is 23.0 Å². The number of nitrogens with zero attached hydrogens (tertiary/aromatic N) is 2. The first-order valence-electron chi connectivity index (χ1n) is 21.0. The van der Waals surface area contributed by atoms with E-state index in [0.29, 0.717) is 47.1 Å². The summed E-state index contributed by atoms with van der Waals surface area (Å²) in [6.07, 6.45) is 8.89. The van der Waals surface area contributed by atoms with Crippen molar-refractivity contribution in [2.45, 2.75) is 95.7 Å². The van der Waals surface area contributed by atoms with Gasteiger partial charge in [-0.1, -0.05) is 60.5 Å². The smallest absolute Gasteiger partial charge is 0.410 e. The summed E-state index contributed by atoms with van der Waals surface area (Å²) in [6.45, 7) is 10.2. The number of likely N-dealkylation sites (N-methyl/N-ethyl adjacent to an activating group) is 1. The minimum Gasteiger partial charge on any atom is -0.496 e. The van der Waals surface area contributed by atoms with E-state index >= 15 is 0 Å². The second-order valence-electron chi connectivity index (χ2n) is 16.8. The van der Waals surface area contributed by atoms with Crippen LogP contribution in [0, 0.1) is 17.8 Å². The van der Waals surface area contributed by atoms with Crippen molar-refractivity contribution in [1.29, 1.82) is 0 Å². The highest BCUT2D eigenvalue weighted by Crippen LogP contribution is 2.62. The SMILES string of the molecule is C=CCO[C@@]12Oc3ccc(Oc4ccc(OC)c(C=O)c4)cc3[C@H]3[C@H](CCCCO)[C@@H](CCCCO)C=C(C(=NOC(C)(C)C)C[C@@H]1N(C)C(=O)OCc1ccccc1)[C@H]32.